The summed E-state index contributed by atoms with van der Waals surface area (Å²) in [7, 11) is 0. The maximum atomic E-state index is 12.9. The van der Waals surface area contributed by atoms with Gasteiger partial charge in [0.15, 0.2) is 0 Å². The second-order valence-corrected chi connectivity index (χ2v) is 5.18. The largest absolute Gasteiger partial charge is 0.392 e. The molecule has 5 heteroatoms. The van der Waals surface area contributed by atoms with Crippen LogP contribution in [0.5, 0.6) is 0 Å². The summed E-state index contributed by atoms with van der Waals surface area (Å²) in [5.41, 5.74) is 6.12. The zero-order chi connectivity index (χ0) is 14.0. The summed E-state index contributed by atoms with van der Waals surface area (Å²) < 4.78 is 12.9. The summed E-state index contributed by atoms with van der Waals surface area (Å²) in [4.78, 5) is 13.5. The average molecular weight is 266 g/mol. The fourth-order valence-electron chi connectivity index (χ4n) is 2.51. The standard InChI is InChI=1S/C14H19FN2O2/c1-9-6-7-17(8-12(9)18)13(14(16)19)10-2-4-11(15)5-3-10/h2-5,9,12-13,18H,6-8H2,1H3,(H2,16,19). The number of benzene rings is 1. The van der Waals surface area contributed by atoms with Crippen LogP contribution in [-0.2, 0) is 4.79 Å². The van der Waals surface area contributed by atoms with Crippen molar-refractivity contribution in [2.75, 3.05) is 13.1 Å². The van der Waals surface area contributed by atoms with E-state index in [4.69, 9.17) is 5.73 Å². The molecular weight excluding hydrogens is 247 g/mol. The number of halogens is 1. The van der Waals surface area contributed by atoms with Crippen LogP contribution in [0.2, 0.25) is 0 Å². The first kappa shape index (κ1) is 14.0. The quantitative estimate of drug-likeness (QED) is 0.859. The van der Waals surface area contributed by atoms with E-state index in [9.17, 15) is 14.3 Å². The molecule has 1 saturated heterocycles. The fourth-order valence-corrected chi connectivity index (χ4v) is 2.51. The smallest absolute Gasteiger partial charge is 0.239 e. The highest BCUT2D eigenvalue weighted by atomic mass is 19.1. The van der Waals surface area contributed by atoms with Crippen molar-refractivity contribution in [1.29, 1.82) is 0 Å². The molecule has 2 rings (SSSR count). The maximum Gasteiger partial charge on any atom is 0.239 e. The van der Waals surface area contributed by atoms with Gasteiger partial charge >= 0.3 is 0 Å². The van der Waals surface area contributed by atoms with Crippen LogP contribution in [0.15, 0.2) is 24.3 Å². The average Bonchev–Trinajstić information content (AvgIpc) is 2.36. The SMILES string of the molecule is CC1CCN(C(C(N)=O)c2ccc(F)cc2)CC1O. The zero-order valence-electron chi connectivity index (χ0n) is 10.9. The van der Waals surface area contributed by atoms with Crippen molar-refractivity contribution in [2.45, 2.75) is 25.5 Å². The van der Waals surface area contributed by atoms with Gasteiger partial charge in [-0.15, -0.1) is 0 Å². The van der Waals surface area contributed by atoms with Crippen molar-refractivity contribution in [1.82, 2.24) is 4.90 Å². The summed E-state index contributed by atoms with van der Waals surface area (Å²) in [6, 6.07) is 5.15. The number of nitrogens with zero attached hydrogens (tertiary/aromatic N) is 1. The van der Waals surface area contributed by atoms with Gasteiger partial charge in [0, 0.05) is 6.54 Å². The first-order valence-corrected chi connectivity index (χ1v) is 6.46. The highest BCUT2D eigenvalue weighted by Crippen LogP contribution is 2.27. The van der Waals surface area contributed by atoms with Crippen molar-refractivity contribution >= 4 is 5.91 Å². The number of piperidine rings is 1. The molecule has 4 nitrogen and oxygen atoms in total. The Morgan fingerprint density at radius 1 is 1.47 bits per heavy atom. The number of likely N-dealkylation sites (tertiary alicyclic amines) is 1. The Bertz CT molecular complexity index is 449. The van der Waals surface area contributed by atoms with Crippen LogP contribution < -0.4 is 5.73 Å². The lowest BCUT2D eigenvalue weighted by atomic mass is 9.93. The van der Waals surface area contributed by atoms with E-state index in [2.05, 4.69) is 0 Å². The van der Waals surface area contributed by atoms with Crippen molar-refractivity contribution in [3.05, 3.63) is 35.6 Å². The molecular formula is C14H19FN2O2. The minimum absolute atomic E-state index is 0.220. The van der Waals surface area contributed by atoms with E-state index >= 15 is 0 Å². The zero-order valence-corrected chi connectivity index (χ0v) is 10.9. The second kappa shape index (κ2) is 5.67. The van der Waals surface area contributed by atoms with Gasteiger partial charge in [0.25, 0.3) is 0 Å². The molecule has 1 aromatic rings. The Kier molecular flexibility index (Phi) is 4.17. The third-order valence-electron chi connectivity index (χ3n) is 3.77. The van der Waals surface area contributed by atoms with Gasteiger partial charge in [0.05, 0.1) is 6.10 Å². The molecule has 0 radical (unpaired) electrons. The lowest BCUT2D eigenvalue weighted by Gasteiger charge is -2.38. The number of hydrogen-bond acceptors (Lipinski definition) is 3. The Morgan fingerprint density at radius 2 is 2.11 bits per heavy atom. The van der Waals surface area contributed by atoms with Crippen LogP contribution in [0.3, 0.4) is 0 Å². The Labute approximate surface area is 112 Å². The van der Waals surface area contributed by atoms with Crippen LogP contribution in [0.1, 0.15) is 24.9 Å². The Morgan fingerprint density at radius 3 is 2.63 bits per heavy atom. The molecule has 1 aliphatic heterocycles. The number of rotatable bonds is 3. The van der Waals surface area contributed by atoms with Gasteiger partial charge in [-0.1, -0.05) is 19.1 Å². The second-order valence-electron chi connectivity index (χ2n) is 5.18. The van der Waals surface area contributed by atoms with Gasteiger partial charge in [-0.05, 0) is 36.6 Å². The topological polar surface area (TPSA) is 66.6 Å². The van der Waals surface area contributed by atoms with Crippen LogP contribution in [0.25, 0.3) is 0 Å². The summed E-state index contributed by atoms with van der Waals surface area (Å²) in [6.45, 7) is 3.09. The van der Waals surface area contributed by atoms with Gasteiger partial charge in [-0.25, -0.2) is 4.39 Å². The molecule has 19 heavy (non-hydrogen) atoms. The Hall–Kier alpha value is -1.46. The number of β-amino-alcohol motifs (C(OH)–C–C–N with tert-alkyl or cyclic N) is 1. The van der Waals surface area contributed by atoms with Crippen LogP contribution in [0, 0.1) is 11.7 Å². The van der Waals surface area contributed by atoms with Crippen LogP contribution >= 0.6 is 0 Å². The number of amides is 1. The molecule has 0 saturated carbocycles. The van der Waals surface area contributed by atoms with E-state index in [-0.39, 0.29) is 11.7 Å². The van der Waals surface area contributed by atoms with E-state index < -0.39 is 18.1 Å². The predicted octanol–water partition coefficient (Wildman–Crippen LogP) is 1.05. The third kappa shape index (κ3) is 3.11. The number of hydrogen-bond donors (Lipinski definition) is 2. The van der Waals surface area contributed by atoms with Gasteiger partial charge < -0.3 is 10.8 Å². The minimum Gasteiger partial charge on any atom is -0.392 e. The molecule has 104 valence electrons. The van der Waals surface area contributed by atoms with Crippen LogP contribution in [0.4, 0.5) is 4.39 Å². The molecule has 1 aliphatic rings. The lowest BCUT2D eigenvalue weighted by molar-refractivity contribution is -0.125. The lowest BCUT2D eigenvalue weighted by Crippen LogP contribution is -2.48. The molecule has 0 bridgehead atoms. The fraction of sp³-hybridized carbons (Fsp3) is 0.500. The predicted molar refractivity (Wildman–Crippen MR) is 69.7 cm³/mol. The van der Waals surface area contributed by atoms with Gasteiger partial charge in [0.1, 0.15) is 11.9 Å². The molecule has 3 N–H and O–H groups in total. The monoisotopic (exact) mass is 266 g/mol. The number of aliphatic hydroxyl groups excluding tert-OH is 1. The number of aliphatic hydroxyl groups is 1. The van der Waals surface area contributed by atoms with Crippen LogP contribution in [-0.4, -0.2) is 35.1 Å². The van der Waals surface area contributed by atoms with Gasteiger partial charge in [-0.3, -0.25) is 9.69 Å². The van der Waals surface area contributed by atoms with E-state index in [0.717, 1.165) is 6.42 Å². The number of carbonyl (C=O) groups excluding carboxylic acids is 1. The highest BCUT2D eigenvalue weighted by molar-refractivity contribution is 5.81. The Balaban J connectivity index is 2.21. The first-order chi connectivity index (χ1) is 8.99. The summed E-state index contributed by atoms with van der Waals surface area (Å²) in [6.07, 6.45) is 0.350. The van der Waals surface area contributed by atoms with E-state index in [1.165, 1.54) is 12.1 Å². The molecule has 1 heterocycles. The van der Waals surface area contributed by atoms with Crippen molar-refractivity contribution < 1.29 is 14.3 Å². The summed E-state index contributed by atoms with van der Waals surface area (Å²) >= 11 is 0. The van der Waals surface area contributed by atoms with Crippen molar-refractivity contribution in [2.24, 2.45) is 11.7 Å². The van der Waals surface area contributed by atoms with Gasteiger partial charge in [0.2, 0.25) is 5.91 Å². The number of primary amides is 1. The molecule has 0 aliphatic carbocycles. The van der Waals surface area contributed by atoms with Crippen molar-refractivity contribution in [3.63, 3.8) is 0 Å². The molecule has 0 spiro atoms. The molecule has 1 amide bonds. The highest BCUT2D eigenvalue weighted by Gasteiger charge is 2.32. The summed E-state index contributed by atoms with van der Waals surface area (Å²) in [5, 5.41) is 9.92. The number of carbonyl (C=O) groups is 1. The van der Waals surface area contributed by atoms with Crippen molar-refractivity contribution in [3.8, 4) is 0 Å². The van der Waals surface area contributed by atoms with E-state index in [0.29, 0.717) is 18.7 Å². The number of nitrogens with two attached hydrogens (primary N) is 1. The molecule has 1 fully saturated rings. The molecule has 0 aromatic heterocycles. The minimum atomic E-state index is -0.609. The molecule has 3 unspecified atom stereocenters. The van der Waals surface area contributed by atoms with E-state index in [1.54, 1.807) is 12.1 Å². The molecule has 3 atom stereocenters. The summed E-state index contributed by atoms with van der Waals surface area (Å²) in [5.74, 6) is -0.606. The normalized spacial score (nSPS) is 26.1. The first-order valence-electron chi connectivity index (χ1n) is 6.46. The maximum absolute atomic E-state index is 12.9. The van der Waals surface area contributed by atoms with E-state index in [1.807, 2.05) is 11.8 Å². The third-order valence-corrected chi connectivity index (χ3v) is 3.77. The molecule has 1 aromatic carbocycles. The van der Waals surface area contributed by atoms with Gasteiger partial charge in [-0.2, -0.15) is 0 Å².